The first-order valence-electron chi connectivity index (χ1n) is 7.45. The van der Waals surface area contributed by atoms with Gasteiger partial charge in [0.25, 0.3) is 0 Å². The molecule has 3 nitrogen and oxygen atoms in total. The quantitative estimate of drug-likeness (QED) is 0.857. The normalized spacial score (nSPS) is 15.2. The Hall–Kier alpha value is -1.68. The number of aromatic nitrogens is 1. The minimum Gasteiger partial charge on any atom is -0.506 e. The third-order valence-electron chi connectivity index (χ3n) is 3.75. The highest BCUT2D eigenvalue weighted by molar-refractivity contribution is 8.00. The number of pyridine rings is 1. The number of nitrogens with zero attached hydrogens (tertiary/aromatic N) is 1. The first kappa shape index (κ1) is 14.3. The van der Waals surface area contributed by atoms with Crippen LogP contribution >= 0.6 is 11.8 Å². The van der Waals surface area contributed by atoms with Crippen molar-refractivity contribution in [1.82, 2.24) is 4.98 Å². The van der Waals surface area contributed by atoms with Crippen LogP contribution in [0.3, 0.4) is 0 Å². The molecule has 1 aliphatic carbocycles. The van der Waals surface area contributed by atoms with Gasteiger partial charge in [0.2, 0.25) is 0 Å². The van der Waals surface area contributed by atoms with E-state index in [1.165, 1.54) is 42.5 Å². The van der Waals surface area contributed by atoms with Crippen molar-refractivity contribution in [2.75, 3.05) is 5.32 Å². The lowest BCUT2D eigenvalue weighted by Crippen LogP contribution is -2.03. The van der Waals surface area contributed by atoms with Gasteiger partial charge in [0.15, 0.2) is 0 Å². The first-order chi connectivity index (χ1) is 10.3. The monoisotopic (exact) mass is 300 g/mol. The molecule has 0 spiro atoms. The van der Waals surface area contributed by atoms with Crippen LogP contribution in [0.4, 0.5) is 5.69 Å². The summed E-state index contributed by atoms with van der Waals surface area (Å²) in [7, 11) is 0. The lowest BCUT2D eigenvalue weighted by Gasteiger charge is -2.14. The molecule has 2 aromatic rings. The van der Waals surface area contributed by atoms with Crippen molar-refractivity contribution in [1.29, 1.82) is 0 Å². The molecule has 1 heterocycles. The standard InChI is InChI=1S/C17H20N2OS/c20-14-10-9-13(18-12-14)11-19-16-7-3-4-8-17(16)21-15-5-1-2-6-15/h3-4,7-10,12,15,19-20H,1-2,5-6,11H2. The number of thioether (sulfide) groups is 1. The largest absolute Gasteiger partial charge is 0.506 e. The molecule has 0 atom stereocenters. The third-order valence-corrected chi connectivity index (χ3v) is 5.17. The molecule has 4 heteroatoms. The van der Waals surface area contributed by atoms with Gasteiger partial charge in [-0.2, -0.15) is 0 Å². The molecule has 1 aromatic carbocycles. The van der Waals surface area contributed by atoms with Gasteiger partial charge in [-0.05, 0) is 37.1 Å². The van der Waals surface area contributed by atoms with Gasteiger partial charge in [-0.3, -0.25) is 4.98 Å². The summed E-state index contributed by atoms with van der Waals surface area (Å²) in [5.74, 6) is 0.205. The highest BCUT2D eigenvalue weighted by Crippen LogP contribution is 2.38. The highest BCUT2D eigenvalue weighted by Gasteiger charge is 2.17. The maximum absolute atomic E-state index is 9.26. The number of benzene rings is 1. The van der Waals surface area contributed by atoms with E-state index in [4.69, 9.17) is 0 Å². The van der Waals surface area contributed by atoms with E-state index in [1.807, 2.05) is 17.8 Å². The Bertz CT molecular complexity index is 580. The van der Waals surface area contributed by atoms with Gasteiger partial charge in [0.05, 0.1) is 18.4 Å². The summed E-state index contributed by atoms with van der Waals surface area (Å²) >= 11 is 1.99. The van der Waals surface area contributed by atoms with Gasteiger partial charge in [-0.15, -0.1) is 11.8 Å². The van der Waals surface area contributed by atoms with E-state index >= 15 is 0 Å². The van der Waals surface area contributed by atoms with Gasteiger partial charge in [0, 0.05) is 15.8 Å². The SMILES string of the molecule is Oc1ccc(CNc2ccccc2SC2CCCC2)nc1. The van der Waals surface area contributed by atoms with Crippen LogP contribution in [-0.2, 0) is 6.54 Å². The number of hydrogen-bond acceptors (Lipinski definition) is 4. The minimum atomic E-state index is 0.205. The Morgan fingerprint density at radius 2 is 1.95 bits per heavy atom. The predicted octanol–water partition coefficient (Wildman–Crippen LogP) is 4.43. The Labute approximate surface area is 129 Å². The van der Waals surface area contributed by atoms with Crippen molar-refractivity contribution in [3.63, 3.8) is 0 Å². The maximum Gasteiger partial charge on any atom is 0.133 e. The van der Waals surface area contributed by atoms with Crippen LogP contribution in [0.1, 0.15) is 31.4 Å². The lowest BCUT2D eigenvalue weighted by molar-refractivity contribution is 0.472. The zero-order valence-electron chi connectivity index (χ0n) is 12.0. The molecule has 21 heavy (non-hydrogen) atoms. The van der Waals surface area contributed by atoms with Crippen LogP contribution in [0.15, 0.2) is 47.5 Å². The van der Waals surface area contributed by atoms with Gasteiger partial charge in [-0.25, -0.2) is 0 Å². The molecule has 0 saturated heterocycles. The van der Waals surface area contributed by atoms with Crippen LogP contribution in [0.5, 0.6) is 5.75 Å². The molecule has 1 aromatic heterocycles. The fraction of sp³-hybridized carbons (Fsp3) is 0.353. The molecule has 110 valence electrons. The number of hydrogen-bond donors (Lipinski definition) is 2. The number of nitrogens with one attached hydrogen (secondary N) is 1. The van der Waals surface area contributed by atoms with Crippen LogP contribution < -0.4 is 5.32 Å². The van der Waals surface area contributed by atoms with E-state index in [0.717, 1.165) is 10.9 Å². The summed E-state index contributed by atoms with van der Waals surface area (Å²) in [6, 6.07) is 12.0. The summed E-state index contributed by atoms with van der Waals surface area (Å²) in [5, 5.41) is 13.5. The Kier molecular flexibility index (Phi) is 4.65. The molecule has 1 saturated carbocycles. The number of rotatable bonds is 5. The zero-order valence-corrected chi connectivity index (χ0v) is 12.8. The average Bonchev–Trinajstić information content (AvgIpc) is 3.01. The second-order valence-corrected chi connectivity index (χ2v) is 6.72. The third kappa shape index (κ3) is 3.91. The molecular formula is C17H20N2OS. The zero-order chi connectivity index (χ0) is 14.5. The molecule has 1 fully saturated rings. The molecule has 0 amide bonds. The highest BCUT2D eigenvalue weighted by atomic mass is 32.2. The minimum absolute atomic E-state index is 0.205. The molecule has 2 N–H and O–H groups in total. The molecule has 1 aliphatic rings. The van der Waals surface area contributed by atoms with Crippen molar-refractivity contribution >= 4 is 17.4 Å². The summed E-state index contributed by atoms with van der Waals surface area (Å²) < 4.78 is 0. The van der Waals surface area contributed by atoms with Crippen LogP contribution in [0.25, 0.3) is 0 Å². The molecule has 0 bridgehead atoms. The van der Waals surface area contributed by atoms with Crippen LogP contribution in [-0.4, -0.2) is 15.3 Å². The first-order valence-corrected chi connectivity index (χ1v) is 8.33. The Balaban J connectivity index is 1.65. The predicted molar refractivity (Wildman–Crippen MR) is 87.8 cm³/mol. The van der Waals surface area contributed by atoms with E-state index in [-0.39, 0.29) is 5.75 Å². The Morgan fingerprint density at radius 1 is 1.14 bits per heavy atom. The second kappa shape index (κ2) is 6.85. The Morgan fingerprint density at radius 3 is 2.71 bits per heavy atom. The molecule has 3 rings (SSSR count). The number of anilines is 1. The van der Waals surface area contributed by atoms with Crippen molar-refractivity contribution < 1.29 is 5.11 Å². The molecule has 0 aliphatic heterocycles. The fourth-order valence-electron chi connectivity index (χ4n) is 2.61. The maximum atomic E-state index is 9.26. The van der Waals surface area contributed by atoms with Crippen molar-refractivity contribution in [2.24, 2.45) is 0 Å². The van der Waals surface area contributed by atoms with Crippen LogP contribution in [0, 0.1) is 0 Å². The van der Waals surface area contributed by atoms with E-state index in [9.17, 15) is 5.11 Å². The fourth-order valence-corrected chi connectivity index (χ4v) is 3.96. The van der Waals surface area contributed by atoms with Gasteiger partial charge < -0.3 is 10.4 Å². The lowest BCUT2D eigenvalue weighted by atomic mass is 10.3. The number of aromatic hydroxyl groups is 1. The smallest absolute Gasteiger partial charge is 0.133 e. The number of para-hydroxylation sites is 1. The average molecular weight is 300 g/mol. The topological polar surface area (TPSA) is 45.1 Å². The van der Waals surface area contributed by atoms with Gasteiger partial charge >= 0.3 is 0 Å². The second-order valence-electron chi connectivity index (χ2n) is 5.38. The summed E-state index contributed by atoms with van der Waals surface area (Å²) in [6.07, 6.45) is 6.88. The van der Waals surface area contributed by atoms with E-state index in [1.54, 1.807) is 6.07 Å². The van der Waals surface area contributed by atoms with Crippen LogP contribution in [0.2, 0.25) is 0 Å². The van der Waals surface area contributed by atoms with Gasteiger partial charge in [-0.1, -0.05) is 25.0 Å². The molecule has 0 unspecified atom stereocenters. The summed E-state index contributed by atoms with van der Waals surface area (Å²) in [6.45, 7) is 0.669. The van der Waals surface area contributed by atoms with E-state index < -0.39 is 0 Å². The van der Waals surface area contributed by atoms with E-state index in [2.05, 4.69) is 34.6 Å². The van der Waals surface area contributed by atoms with E-state index in [0.29, 0.717) is 6.54 Å². The van der Waals surface area contributed by atoms with Gasteiger partial charge in [0.1, 0.15) is 5.75 Å². The van der Waals surface area contributed by atoms with Crippen molar-refractivity contribution in [3.8, 4) is 5.75 Å². The molecular weight excluding hydrogens is 280 g/mol. The summed E-state index contributed by atoms with van der Waals surface area (Å²) in [4.78, 5) is 5.53. The summed E-state index contributed by atoms with van der Waals surface area (Å²) in [5.41, 5.74) is 2.10. The van der Waals surface area contributed by atoms with Crippen molar-refractivity contribution in [3.05, 3.63) is 48.3 Å². The molecule has 0 radical (unpaired) electrons. The van der Waals surface area contributed by atoms with Crippen molar-refractivity contribution in [2.45, 2.75) is 42.4 Å².